The second kappa shape index (κ2) is 9.21. The van der Waals surface area contributed by atoms with Gasteiger partial charge in [0, 0.05) is 0 Å². The van der Waals surface area contributed by atoms with Crippen molar-refractivity contribution >= 4 is 0 Å². The van der Waals surface area contributed by atoms with E-state index in [9.17, 15) is 0 Å². The molecule has 0 saturated carbocycles. The van der Waals surface area contributed by atoms with E-state index in [1.165, 1.54) is 69.2 Å². The average molecular weight is 214 g/mol. The lowest BCUT2D eigenvalue weighted by molar-refractivity contribution is -0.927. The van der Waals surface area contributed by atoms with Crippen LogP contribution in [0.25, 0.3) is 0 Å². The van der Waals surface area contributed by atoms with Crippen LogP contribution < -0.4 is 0 Å². The highest BCUT2D eigenvalue weighted by atomic mass is 15.3. The van der Waals surface area contributed by atoms with Crippen LogP contribution in [0, 0.1) is 0 Å². The molecule has 0 N–H and O–H groups in total. The molecule has 0 radical (unpaired) electrons. The Kier molecular flexibility index (Phi) is 9.18. The Morgan fingerprint density at radius 1 is 0.600 bits per heavy atom. The van der Waals surface area contributed by atoms with Crippen molar-refractivity contribution in [1.82, 2.24) is 0 Å². The summed E-state index contributed by atoms with van der Waals surface area (Å²) in [6, 6.07) is 0. The largest absolute Gasteiger partial charge is 0.324 e. The first kappa shape index (κ1) is 15.0. The number of quaternary nitrogens is 1. The molecule has 0 atom stereocenters. The van der Waals surface area contributed by atoms with Crippen LogP contribution >= 0.6 is 0 Å². The van der Waals surface area contributed by atoms with Gasteiger partial charge in [0.1, 0.15) is 0 Å². The molecule has 0 heterocycles. The first-order chi connectivity index (χ1) is 7.24. The number of rotatable bonds is 10. The Hall–Kier alpha value is -0.0400. The molecule has 0 bridgehead atoms. The third-order valence-electron chi connectivity index (χ3n) is 3.63. The van der Waals surface area contributed by atoms with Crippen molar-refractivity contribution in [2.45, 2.75) is 66.2 Å². The van der Waals surface area contributed by atoms with Crippen molar-refractivity contribution in [3.05, 3.63) is 0 Å². The summed E-state index contributed by atoms with van der Waals surface area (Å²) in [6.45, 7) is 14.9. The lowest BCUT2D eigenvalue weighted by atomic mass is 10.1. The predicted octanol–water partition coefficient (Wildman–Crippen LogP) is 4.22. The third kappa shape index (κ3) is 6.19. The molecule has 0 aromatic heterocycles. The molecule has 0 aliphatic heterocycles. The van der Waals surface area contributed by atoms with Gasteiger partial charge in [0.25, 0.3) is 0 Å². The van der Waals surface area contributed by atoms with Gasteiger partial charge in [-0.25, -0.2) is 0 Å². The van der Waals surface area contributed by atoms with Gasteiger partial charge in [-0.2, -0.15) is 0 Å². The third-order valence-corrected chi connectivity index (χ3v) is 3.63. The summed E-state index contributed by atoms with van der Waals surface area (Å²) in [6.07, 6.45) is 8.25. The fourth-order valence-corrected chi connectivity index (χ4v) is 2.29. The van der Waals surface area contributed by atoms with Gasteiger partial charge in [-0.15, -0.1) is 0 Å². The SMILES string of the molecule is CCCC[N+](CC)(CCCC)CCCC. The summed E-state index contributed by atoms with van der Waals surface area (Å²) in [7, 11) is 0. The van der Waals surface area contributed by atoms with E-state index in [1.54, 1.807) is 0 Å². The maximum Gasteiger partial charge on any atom is 0.0786 e. The van der Waals surface area contributed by atoms with E-state index >= 15 is 0 Å². The minimum atomic E-state index is 1.33. The fraction of sp³-hybridized carbons (Fsp3) is 1.00. The molecule has 0 rings (SSSR count). The van der Waals surface area contributed by atoms with Crippen LogP contribution in [0.5, 0.6) is 0 Å². The van der Waals surface area contributed by atoms with Crippen molar-refractivity contribution in [3.8, 4) is 0 Å². The normalized spacial score (nSPS) is 12.0. The number of hydrogen-bond acceptors (Lipinski definition) is 0. The molecule has 0 fully saturated rings. The van der Waals surface area contributed by atoms with Gasteiger partial charge in [0.2, 0.25) is 0 Å². The predicted molar refractivity (Wildman–Crippen MR) is 70.1 cm³/mol. The maximum absolute atomic E-state index is 2.38. The second-order valence-corrected chi connectivity index (χ2v) is 4.89. The van der Waals surface area contributed by atoms with Crippen molar-refractivity contribution in [3.63, 3.8) is 0 Å². The maximum atomic E-state index is 2.38. The van der Waals surface area contributed by atoms with Crippen molar-refractivity contribution < 1.29 is 4.48 Å². The summed E-state index contributed by atoms with van der Waals surface area (Å²) in [5.74, 6) is 0. The quantitative estimate of drug-likeness (QED) is 0.478. The lowest BCUT2D eigenvalue weighted by Gasteiger charge is -2.38. The molecule has 1 nitrogen and oxygen atoms in total. The van der Waals surface area contributed by atoms with Gasteiger partial charge in [-0.3, -0.25) is 0 Å². The molecule has 0 aromatic carbocycles. The molecule has 0 amide bonds. The highest BCUT2D eigenvalue weighted by molar-refractivity contribution is 4.46. The molecule has 0 unspecified atom stereocenters. The molecular formula is C14H32N+. The topological polar surface area (TPSA) is 0 Å². The van der Waals surface area contributed by atoms with E-state index in [1.807, 2.05) is 0 Å². The molecule has 0 saturated heterocycles. The molecule has 0 aromatic rings. The van der Waals surface area contributed by atoms with Crippen LogP contribution in [0.4, 0.5) is 0 Å². The first-order valence-electron chi connectivity index (χ1n) is 7.09. The molecular weight excluding hydrogens is 182 g/mol. The molecule has 92 valence electrons. The van der Waals surface area contributed by atoms with Crippen LogP contribution in [-0.2, 0) is 0 Å². The first-order valence-corrected chi connectivity index (χ1v) is 7.09. The fourth-order valence-electron chi connectivity index (χ4n) is 2.29. The van der Waals surface area contributed by atoms with Gasteiger partial charge < -0.3 is 4.48 Å². The molecule has 1 heteroatoms. The highest BCUT2D eigenvalue weighted by Gasteiger charge is 2.22. The van der Waals surface area contributed by atoms with E-state index in [0.29, 0.717) is 0 Å². The number of hydrogen-bond donors (Lipinski definition) is 0. The van der Waals surface area contributed by atoms with Gasteiger partial charge in [0.05, 0.1) is 26.2 Å². The standard InChI is InChI=1S/C14H32N/c1-5-9-12-15(8-4,13-10-6-2)14-11-7-3/h5-14H2,1-4H3/q+1. The minimum Gasteiger partial charge on any atom is -0.324 e. The number of unbranched alkanes of at least 4 members (excludes halogenated alkanes) is 3. The monoisotopic (exact) mass is 214 g/mol. The lowest BCUT2D eigenvalue weighted by Crippen LogP contribution is -2.49. The number of nitrogens with zero attached hydrogens (tertiary/aromatic N) is 1. The summed E-state index contributed by atoms with van der Waals surface area (Å²) >= 11 is 0. The van der Waals surface area contributed by atoms with Crippen molar-refractivity contribution in [2.75, 3.05) is 26.2 Å². The van der Waals surface area contributed by atoms with Crippen LogP contribution in [0.15, 0.2) is 0 Å². The van der Waals surface area contributed by atoms with Crippen molar-refractivity contribution in [2.24, 2.45) is 0 Å². The van der Waals surface area contributed by atoms with Crippen LogP contribution in [-0.4, -0.2) is 30.7 Å². The highest BCUT2D eigenvalue weighted by Crippen LogP contribution is 2.14. The summed E-state index contributed by atoms with van der Waals surface area (Å²) < 4.78 is 1.38. The van der Waals surface area contributed by atoms with E-state index < -0.39 is 0 Å². The smallest absolute Gasteiger partial charge is 0.0786 e. The van der Waals surface area contributed by atoms with Gasteiger partial charge in [0.15, 0.2) is 0 Å². The Bertz CT molecular complexity index is 110. The minimum absolute atomic E-state index is 1.33. The van der Waals surface area contributed by atoms with Crippen LogP contribution in [0.3, 0.4) is 0 Å². The molecule has 0 spiro atoms. The van der Waals surface area contributed by atoms with E-state index in [2.05, 4.69) is 27.7 Å². The Morgan fingerprint density at radius 3 is 1.13 bits per heavy atom. The van der Waals surface area contributed by atoms with Crippen molar-refractivity contribution in [1.29, 1.82) is 0 Å². The second-order valence-electron chi connectivity index (χ2n) is 4.89. The zero-order valence-corrected chi connectivity index (χ0v) is 11.5. The average Bonchev–Trinajstić information content (AvgIpc) is 2.29. The summed E-state index contributed by atoms with van der Waals surface area (Å²) in [4.78, 5) is 0. The molecule has 15 heavy (non-hydrogen) atoms. The van der Waals surface area contributed by atoms with Crippen LogP contribution in [0.2, 0.25) is 0 Å². The zero-order chi connectivity index (χ0) is 11.6. The van der Waals surface area contributed by atoms with Crippen LogP contribution in [0.1, 0.15) is 66.2 Å². The molecule has 0 aliphatic rings. The van der Waals surface area contributed by atoms with Gasteiger partial charge in [-0.05, 0) is 26.2 Å². The van der Waals surface area contributed by atoms with Gasteiger partial charge in [-0.1, -0.05) is 40.0 Å². The Balaban J connectivity index is 4.16. The zero-order valence-electron chi connectivity index (χ0n) is 11.5. The Labute approximate surface area is 97.5 Å². The summed E-state index contributed by atoms with van der Waals surface area (Å²) in [5, 5.41) is 0. The van der Waals surface area contributed by atoms with E-state index in [0.717, 1.165) is 0 Å². The van der Waals surface area contributed by atoms with E-state index in [4.69, 9.17) is 0 Å². The van der Waals surface area contributed by atoms with E-state index in [-0.39, 0.29) is 0 Å². The van der Waals surface area contributed by atoms with Gasteiger partial charge >= 0.3 is 0 Å². The summed E-state index contributed by atoms with van der Waals surface area (Å²) in [5.41, 5.74) is 0. The Morgan fingerprint density at radius 2 is 0.933 bits per heavy atom. The molecule has 0 aliphatic carbocycles.